The number of nitrogens with zero attached hydrogens (tertiary/aromatic N) is 1. The van der Waals surface area contributed by atoms with Gasteiger partial charge < -0.3 is 5.32 Å². The highest BCUT2D eigenvalue weighted by Crippen LogP contribution is 2.33. The molecule has 3 rings (SSSR count). The van der Waals surface area contributed by atoms with Crippen molar-refractivity contribution in [2.45, 2.75) is 19.5 Å². The number of hydrogen-bond acceptors (Lipinski definition) is 2. The Morgan fingerprint density at radius 3 is 2.81 bits per heavy atom. The molecule has 2 nitrogen and oxygen atoms in total. The highest BCUT2D eigenvalue weighted by Gasteiger charge is 2.41. The summed E-state index contributed by atoms with van der Waals surface area (Å²) in [6, 6.07) is 11.6. The average Bonchev–Trinajstić information content (AvgIpc) is 2.86. The van der Waals surface area contributed by atoms with Crippen LogP contribution in [0.15, 0.2) is 30.3 Å². The molecule has 1 aromatic rings. The van der Waals surface area contributed by atoms with Gasteiger partial charge in [0.15, 0.2) is 0 Å². The van der Waals surface area contributed by atoms with Gasteiger partial charge in [-0.15, -0.1) is 0 Å². The van der Waals surface area contributed by atoms with Gasteiger partial charge in [-0.2, -0.15) is 0 Å². The zero-order chi connectivity index (χ0) is 11.0. The maximum Gasteiger partial charge on any atom is 0.0236 e. The van der Waals surface area contributed by atoms with Crippen LogP contribution < -0.4 is 5.32 Å². The minimum absolute atomic E-state index is 0.736. The van der Waals surface area contributed by atoms with Gasteiger partial charge >= 0.3 is 0 Å². The molecule has 2 heteroatoms. The topological polar surface area (TPSA) is 15.3 Å². The molecule has 1 aromatic carbocycles. The minimum Gasteiger partial charge on any atom is -0.316 e. The van der Waals surface area contributed by atoms with Gasteiger partial charge in [0.25, 0.3) is 0 Å². The molecule has 3 atom stereocenters. The van der Waals surface area contributed by atoms with Crippen LogP contribution in [0.2, 0.25) is 0 Å². The van der Waals surface area contributed by atoms with Crippen molar-refractivity contribution >= 4 is 0 Å². The molecule has 3 unspecified atom stereocenters. The summed E-state index contributed by atoms with van der Waals surface area (Å²) >= 11 is 0. The molecule has 0 radical (unpaired) electrons. The van der Waals surface area contributed by atoms with Crippen LogP contribution in [-0.4, -0.2) is 30.6 Å². The molecule has 2 heterocycles. The Kier molecular flexibility index (Phi) is 2.70. The van der Waals surface area contributed by atoms with E-state index in [-0.39, 0.29) is 0 Å². The molecule has 2 aliphatic rings. The largest absolute Gasteiger partial charge is 0.316 e. The van der Waals surface area contributed by atoms with E-state index in [9.17, 15) is 0 Å². The van der Waals surface area contributed by atoms with Gasteiger partial charge in [0, 0.05) is 19.1 Å². The standard InChI is InChI=1S/C14H20N2/c1-11-14-8-15-7-13(14)10-16(11)9-12-5-3-2-4-6-12/h2-6,11,13-15H,7-10H2,1H3. The van der Waals surface area contributed by atoms with Crippen LogP contribution in [0.25, 0.3) is 0 Å². The summed E-state index contributed by atoms with van der Waals surface area (Å²) in [5.74, 6) is 1.77. The van der Waals surface area contributed by atoms with Gasteiger partial charge in [0.05, 0.1) is 0 Å². The van der Waals surface area contributed by atoms with E-state index in [0.29, 0.717) is 0 Å². The van der Waals surface area contributed by atoms with Crippen LogP contribution in [0.1, 0.15) is 12.5 Å². The molecule has 0 spiro atoms. The molecule has 0 aliphatic carbocycles. The first-order valence-corrected chi connectivity index (χ1v) is 6.33. The van der Waals surface area contributed by atoms with Crippen LogP contribution in [0.5, 0.6) is 0 Å². The predicted octanol–water partition coefficient (Wildman–Crippen LogP) is 1.73. The number of hydrogen-bond donors (Lipinski definition) is 1. The van der Waals surface area contributed by atoms with Crippen molar-refractivity contribution in [3.63, 3.8) is 0 Å². The van der Waals surface area contributed by atoms with Gasteiger partial charge in [-0.1, -0.05) is 30.3 Å². The predicted molar refractivity (Wildman–Crippen MR) is 66.2 cm³/mol. The van der Waals surface area contributed by atoms with Crippen molar-refractivity contribution in [1.82, 2.24) is 10.2 Å². The Hall–Kier alpha value is -0.860. The van der Waals surface area contributed by atoms with Crippen molar-refractivity contribution in [3.05, 3.63) is 35.9 Å². The lowest BCUT2D eigenvalue weighted by Gasteiger charge is -2.24. The molecular formula is C14H20N2. The first-order chi connectivity index (χ1) is 7.84. The molecule has 86 valence electrons. The van der Waals surface area contributed by atoms with E-state index in [1.165, 1.54) is 25.2 Å². The van der Waals surface area contributed by atoms with Gasteiger partial charge in [0.2, 0.25) is 0 Å². The number of rotatable bonds is 2. The van der Waals surface area contributed by atoms with Gasteiger partial charge in [0.1, 0.15) is 0 Å². The van der Waals surface area contributed by atoms with Crippen molar-refractivity contribution in [2.75, 3.05) is 19.6 Å². The first-order valence-electron chi connectivity index (χ1n) is 6.33. The zero-order valence-electron chi connectivity index (χ0n) is 9.89. The second-order valence-corrected chi connectivity index (χ2v) is 5.24. The quantitative estimate of drug-likeness (QED) is 0.810. The lowest BCUT2D eigenvalue weighted by molar-refractivity contribution is 0.231. The fraction of sp³-hybridized carbons (Fsp3) is 0.571. The van der Waals surface area contributed by atoms with Crippen LogP contribution >= 0.6 is 0 Å². The fourth-order valence-corrected chi connectivity index (χ4v) is 3.28. The molecule has 0 saturated carbocycles. The lowest BCUT2D eigenvalue weighted by Crippen LogP contribution is -2.32. The maximum absolute atomic E-state index is 3.51. The second kappa shape index (κ2) is 4.19. The smallest absolute Gasteiger partial charge is 0.0236 e. The molecule has 16 heavy (non-hydrogen) atoms. The van der Waals surface area contributed by atoms with Crippen molar-refractivity contribution in [2.24, 2.45) is 11.8 Å². The molecule has 0 bridgehead atoms. The zero-order valence-corrected chi connectivity index (χ0v) is 9.89. The van der Waals surface area contributed by atoms with Crippen molar-refractivity contribution in [3.8, 4) is 0 Å². The minimum atomic E-state index is 0.736. The van der Waals surface area contributed by atoms with E-state index >= 15 is 0 Å². The van der Waals surface area contributed by atoms with E-state index < -0.39 is 0 Å². The summed E-state index contributed by atoms with van der Waals surface area (Å²) in [5.41, 5.74) is 1.45. The molecular weight excluding hydrogens is 196 g/mol. The van der Waals surface area contributed by atoms with Gasteiger partial charge in [-0.3, -0.25) is 4.90 Å². The molecule has 0 amide bonds. The molecule has 1 N–H and O–H groups in total. The summed E-state index contributed by atoms with van der Waals surface area (Å²) in [6.45, 7) is 7.22. The van der Waals surface area contributed by atoms with Crippen molar-refractivity contribution < 1.29 is 0 Å². The first kappa shape index (κ1) is 10.3. The molecule has 2 fully saturated rings. The third-order valence-corrected chi connectivity index (χ3v) is 4.29. The van der Waals surface area contributed by atoms with E-state index in [1.807, 2.05) is 0 Å². The third kappa shape index (κ3) is 1.76. The van der Waals surface area contributed by atoms with E-state index in [4.69, 9.17) is 0 Å². The van der Waals surface area contributed by atoms with Crippen LogP contribution in [0, 0.1) is 11.8 Å². The van der Waals surface area contributed by atoms with E-state index in [2.05, 4.69) is 47.5 Å². The van der Waals surface area contributed by atoms with Crippen LogP contribution in [0.4, 0.5) is 0 Å². The van der Waals surface area contributed by atoms with E-state index in [0.717, 1.165) is 24.4 Å². The summed E-state index contributed by atoms with van der Waals surface area (Å²) in [5, 5.41) is 3.51. The summed E-state index contributed by atoms with van der Waals surface area (Å²) in [4.78, 5) is 2.64. The Morgan fingerprint density at radius 2 is 2.06 bits per heavy atom. The van der Waals surface area contributed by atoms with E-state index in [1.54, 1.807) is 0 Å². The SMILES string of the molecule is CC1C2CNCC2CN1Cc1ccccc1. The normalized spacial score (nSPS) is 34.2. The number of nitrogens with one attached hydrogen (secondary N) is 1. The molecule has 2 aliphatic heterocycles. The number of likely N-dealkylation sites (tertiary alicyclic amines) is 1. The molecule has 0 aromatic heterocycles. The Labute approximate surface area is 97.6 Å². The monoisotopic (exact) mass is 216 g/mol. The van der Waals surface area contributed by atoms with Crippen LogP contribution in [-0.2, 0) is 6.54 Å². The maximum atomic E-state index is 3.51. The third-order valence-electron chi connectivity index (χ3n) is 4.29. The average molecular weight is 216 g/mol. The Bertz CT molecular complexity index is 349. The van der Waals surface area contributed by atoms with Crippen LogP contribution in [0.3, 0.4) is 0 Å². The van der Waals surface area contributed by atoms with Gasteiger partial charge in [-0.05, 0) is 37.4 Å². The summed E-state index contributed by atoms with van der Waals surface area (Å²) in [6.07, 6.45) is 0. The molecule has 2 saturated heterocycles. The Morgan fingerprint density at radius 1 is 1.25 bits per heavy atom. The number of fused-ring (bicyclic) bond motifs is 1. The highest BCUT2D eigenvalue weighted by molar-refractivity contribution is 5.15. The van der Waals surface area contributed by atoms with Gasteiger partial charge in [-0.25, -0.2) is 0 Å². The second-order valence-electron chi connectivity index (χ2n) is 5.24. The lowest BCUT2D eigenvalue weighted by atomic mass is 9.95. The number of benzene rings is 1. The Balaban J connectivity index is 1.69. The highest BCUT2D eigenvalue weighted by atomic mass is 15.2. The summed E-state index contributed by atoms with van der Waals surface area (Å²) < 4.78 is 0. The fourth-order valence-electron chi connectivity index (χ4n) is 3.28. The van der Waals surface area contributed by atoms with Crippen molar-refractivity contribution in [1.29, 1.82) is 0 Å². The summed E-state index contributed by atoms with van der Waals surface area (Å²) in [7, 11) is 0.